The van der Waals surface area contributed by atoms with E-state index < -0.39 is 11.4 Å². The van der Waals surface area contributed by atoms with Gasteiger partial charge in [0.25, 0.3) is 5.91 Å². The van der Waals surface area contributed by atoms with Gasteiger partial charge >= 0.3 is 11.4 Å². The summed E-state index contributed by atoms with van der Waals surface area (Å²) in [5, 5.41) is 12.5. The van der Waals surface area contributed by atoms with E-state index in [0.29, 0.717) is 30.3 Å². The lowest BCUT2D eigenvalue weighted by atomic mass is 9.96. The number of H-pyrrole nitrogens is 1. The average molecular weight is 532 g/mol. The molecule has 0 aliphatic heterocycles. The van der Waals surface area contributed by atoms with Gasteiger partial charge in [-0.1, -0.05) is 50.2 Å². The van der Waals surface area contributed by atoms with Gasteiger partial charge in [0.05, 0.1) is 19.2 Å². The molecule has 1 atom stereocenters. The van der Waals surface area contributed by atoms with Crippen LogP contribution in [0.4, 0.5) is 0 Å². The Morgan fingerprint density at radius 1 is 1.05 bits per heavy atom. The second-order valence-electron chi connectivity index (χ2n) is 9.99. The van der Waals surface area contributed by atoms with Crippen LogP contribution in [0.5, 0.6) is 5.75 Å². The Balaban J connectivity index is 1.39. The summed E-state index contributed by atoms with van der Waals surface area (Å²) < 4.78 is 11.7. The highest BCUT2D eigenvalue weighted by atomic mass is 16.5. The Kier molecular flexibility index (Phi) is 8.83. The summed E-state index contributed by atoms with van der Waals surface area (Å²) >= 11 is 0. The molecule has 4 rings (SSSR count). The van der Waals surface area contributed by atoms with Crippen LogP contribution in [-0.4, -0.2) is 33.4 Å². The first-order valence-corrected chi connectivity index (χ1v) is 12.9. The summed E-state index contributed by atoms with van der Waals surface area (Å²) in [4.78, 5) is 37.5. The number of nitrogens with one attached hydrogen (secondary N) is 2. The summed E-state index contributed by atoms with van der Waals surface area (Å²) in [5.74, 6) is 0.0568. The quantitative estimate of drug-likeness (QED) is 0.270. The van der Waals surface area contributed by atoms with Crippen molar-refractivity contribution in [1.82, 2.24) is 15.0 Å². The van der Waals surface area contributed by atoms with Crippen LogP contribution in [0.1, 0.15) is 47.3 Å². The monoisotopic (exact) mass is 531 g/mol. The molecule has 1 heterocycles. The van der Waals surface area contributed by atoms with Gasteiger partial charge < -0.3 is 19.7 Å². The molecule has 0 spiro atoms. The molecule has 39 heavy (non-hydrogen) atoms. The predicted molar refractivity (Wildman–Crippen MR) is 148 cm³/mol. The van der Waals surface area contributed by atoms with Crippen LogP contribution in [-0.2, 0) is 13.2 Å². The molecule has 4 aromatic rings. The number of benzene rings is 3. The van der Waals surface area contributed by atoms with Crippen LogP contribution in [0.2, 0.25) is 0 Å². The number of hydrogen-bond donors (Lipinski definition) is 3. The summed E-state index contributed by atoms with van der Waals surface area (Å²) in [5.41, 5.74) is 4.74. The standard InChI is InChI=1S/C30H33N3O6/c1-19(2)13-25(17-34)31-28(35)24-9-12-27(20(3)14-24)23-6-4-5-22(15-23)18-38-26-10-7-21(8-11-26)16-33-29(36)32-30(37)39-33/h4-12,14-15,19,25,34H,13,16-18H2,1-3H3,(H,31,35)(H,32,36,37)/t25-/m0/s1. The Morgan fingerprint density at radius 3 is 2.46 bits per heavy atom. The maximum atomic E-state index is 12.7. The summed E-state index contributed by atoms with van der Waals surface area (Å²) in [6.45, 7) is 6.50. The molecule has 0 bridgehead atoms. The Morgan fingerprint density at radius 2 is 1.82 bits per heavy atom. The molecule has 0 aliphatic rings. The van der Waals surface area contributed by atoms with Crippen LogP contribution in [0.15, 0.2) is 80.8 Å². The minimum atomic E-state index is -0.785. The first kappa shape index (κ1) is 27.7. The van der Waals surface area contributed by atoms with Gasteiger partial charge in [0.2, 0.25) is 0 Å². The normalized spacial score (nSPS) is 11.9. The molecule has 9 heteroatoms. The van der Waals surface area contributed by atoms with Crippen molar-refractivity contribution in [3.8, 4) is 16.9 Å². The summed E-state index contributed by atoms with van der Waals surface area (Å²) in [7, 11) is 0. The molecule has 0 aliphatic carbocycles. The third kappa shape index (κ3) is 7.36. The van der Waals surface area contributed by atoms with E-state index in [1.54, 1.807) is 30.3 Å². The number of aromatic amines is 1. The van der Waals surface area contributed by atoms with Crippen molar-refractivity contribution in [1.29, 1.82) is 0 Å². The van der Waals surface area contributed by atoms with Crippen LogP contribution in [0.25, 0.3) is 11.1 Å². The van der Waals surface area contributed by atoms with Gasteiger partial charge in [-0.05, 0) is 77.4 Å². The fourth-order valence-corrected chi connectivity index (χ4v) is 4.42. The molecule has 0 unspecified atom stereocenters. The molecule has 3 aromatic carbocycles. The van der Waals surface area contributed by atoms with Crippen molar-refractivity contribution in [2.45, 2.75) is 46.4 Å². The predicted octanol–water partition coefficient (Wildman–Crippen LogP) is 3.87. The average Bonchev–Trinajstić information content (AvgIpc) is 3.23. The fourth-order valence-electron chi connectivity index (χ4n) is 4.42. The molecule has 0 saturated carbocycles. The zero-order valence-electron chi connectivity index (χ0n) is 22.3. The van der Waals surface area contributed by atoms with Crippen LogP contribution in [0.3, 0.4) is 0 Å². The van der Waals surface area contributed by atoms with Gasteiger partial charge in [0, 0.05) is 5.56 Å². The van der Waals surface area contributed by atoms with Crippen LogP contribution >= 0.6 is 0 Å². The first-order valence-electron chi connectivity index (χ1n) is 12.9. The second kappa shape index (κ2) is 12.4. The van der Waals surface area contributed by atoms with Crippen molar-refractivity contribution in [3.05, 3.63) is 110 Å². The molecular formula is C30H33N3O6. The highest BCUT2D eigenvalue weighted by Gasteiger charge is 2.15. The van der Waals surface area contributed by atoms with E-state index in [1.807, 2.05) is 37.3 Å². The number of nitrogens with zero attached hydrogens (tertiary/aromatic N) is 1. The lowest BCUT2D eigenvalue weighted by Gasteiger charge is -2.18. The summed E-state index contributed by atoms with van der Waals surface area (Å²) in [6, 6.07) is 20.6. The van der Waals surface area contributed by atoms with E-state index in [9.17, 15) is 19.5 Å². The number of amides is 1. The molecule has 0 fully saturated rings. The van der Waals surface area contributed by atoms with Gasteiger partial charge in [-0.3, -0.25) is 4.79 Å². The number of aryl methyl sites for hydroxylation is 1. The molecule has 0 radical (unpaired) electrons. The fraction of sp³-hybridized carbons (Fsp3) is 0.300. The highest BCUT2D eigenvalue weighted by molar-refractivity contribution is 5.95. The first-order chi connectivity index (χ1) is 18.7. The topological polar surface area (TPSA) is 127 Å². The number of aliphatic hydroxyl groups excluding tert-OH is 1. The summed E-state index contributed by atoms with van der Waals surface area (Å²) in [6.07, 6.45) is 0.715. The second-order valence-corrected chi connectivity index (χ2v) is 9.99. The van der Waals surface area contributed by atoms with E-state index in [2.05, 4.69) is 30.2 Å². The Bertz CT molecular complexity index is 1530. The van der Waals surface area contributed by atoms with E-state index in [0.717, 1.165) is 32.6 Å². The molecule has 204 valence electrons. The molecular weight excluding hydrogens is 498 g/mol. The minimum Gasteiger partial charge on any atom is -0.489 e. The van der Waals surface area contributed by atoms with Crippen molar-refractivity contribution in [2.24, 2.45) is 5.92 Å². The zero-order chi connectivity index (χ0) is 27.9. The van der Waals surface area contributed by atoms with E-state index in [1.165, 1.54) is 0 Å². The number of aromatic nitrogens is 2. The van der Waals surface area contributed by atoms with Gasteiger partial charge in [-0.25, -0.2) is 14.6 Å². The van der Waals surface area contributed by atoms with Crippen LogP contribution < -0.4 is 21.5 Å². The van der Waals surface area contributed by atoms with Gasteiger partial charge in [-0.15, -0.1) is 4.74 Å². The Hall–Kier alpha value is -4.37. The molecule has 3 N–H and O–H groups in total. The third-order valence-electron chi connectivity index (χ3n) is 6.32. The lowest BCUT2D eigenvalue weighted by Crippen LogP contribution is -2.38. The third-order valence-corrected chi connectivity index (χ3v) is 6.32. The van der Waals surface area contributed by atoms with Crippen molar-refractivity contribution in [2.75, 3.05) is 6.61 Å². The maximum absolute atomic E-state index is 12.7. The lowest BCUT2D eigenvalue weighted by molar-refractivity contribution is 0.0908. The van der Waals surface area contributed by atoms with Crippen molar-refractivity contribution >= 4 is 5.91 Å². The van der Waals surface area contributed by atoms with E-state index in [-0.39, 0.29) is 25.1 Å². The van der Waals surface area contributed by atoms with Gasteiger partial charge in [0.1, 0.15) is 12.4 Å². The number of carbonyl (C=O) groups excluding carboxylic acids is 1. The van der Waals surface area contributed by atoms with Crippen molar-refractivity contribution < 1.29 is 19.2 Å². The number of carbonyl (C=O) groups is 1. The zero-order valence-corrected chi connectivity index (χ0v) is 22.3. The van der Waals surface area contributed by atoms with Gasteiger partial charge in [-0.2, -0.15) is 0 Å². The Labute approximate surface area is 226 Å². The largest absolute Gasteiger partial charge is 0.489 e. The molecule has 1 aromatic heterocycles. The SMILES string of the molecule is Cc1cc(C(=O)N[C@H](CO)CC(C)C)ccc1-c1cccc(COc2ccc(Cn3oc(=O)[nH]c3=O)cc2)c1. The number of hydrogen-bond acceptors (Lipinski definition) is 6. The van der Waals surface area contributed by atoms with Crippen molar-refractivity contribution in [3.63, 3.8) is 0 Å². The minimum absolute atomic E-state index is 0.0888. The number of aliphatic hydroxyl groups is 1. The number of rotatable bonds is 11. The smallest absolute Gasteiger partial charge is 0.440 e. The highest BCUT2D eigenvalue weighted by Crippen LogP contribution is 2.26. The van der Waals surface area contributed by atoms with E-state index in [4.69, 9.17) is 9.26 Å². The molecule has 1 amide bonds. The maximum Gasteiger partial charge on any atom is 0.440 e. The van der Waals surface area contributed by atoms with Crippen LogP contribution in [0, 0.1) is 12.8 Å². The molecule has 0 saturated heterocycles. The van der Waals surface area contributed by atoms with Gasteiger partial charge in [0.15, 0.2) is 0 Å². The number of ether oxygens (including phenoxy) is 1. The molecule has 9 nitrogen and oxygen atoms in total. The van der Waals surface area contributed by atoms with E-state index >= 15 is 0 Å².